The van der Waals surface area contributed by atoms with Crippen molar-refractivity contribution >= 4 is 28.9 Å². The molecule has 0 saturated carbocycles. The fraction of sp³-hybridized carbons (Fsp3) is 0.200. The standard InChI is InChI=1S/C20H21ClN4/c1-14-17(21)10-7-11-18(14)24-19-12-20(23-15(2)22-19)25(3)13-16-8-5-4-6-9-16/h4-12H,13H2,1-3H3,(H,22,23,24). The molecule has 0 aliphatic heterocycles. The van der Waals surface area contributed by atoms with Crippen molar-refractivity contribution in [1.29, 1.82) is 0 Å². The Balaban J connectivity index is 1.84. The molecular formula is C20H21ClN4. The number of aryl methyl sites for hydroxylation is 1. The summed E-state index contributed by atoms with van der Waals surface area (Å²) in [5.74, 6) is 2.35. The van der Waals surface area contributed by atoms with Crippen LogP contribution in [0.25, 0.3) is 0 Å². The molecule has 0 aliphatic rings. The van der Waals surface area contributed by atoms with Crippen LogP contribution in [0.15, 0.2) is 54.6 Å². The molecule has 5 heteroatoms. The first-order chi connectivity index (χ1) is 12.0. The summed E-state index contributed by atoms with van der Waals surface area (Å²) in [6.45, 7) is 4.67. The molecule has 0 spiro atoms. The molecule has 3 rings (SSSR count). The number of halogens is 1. The molecular weight excluding hydrogens is 332 g/mol. The molecule has 0 unspecified atom stereocenters. The predicted octanol–water partition coefficient (Wildman–Crippen LogP) is 5.13. The molecule has 1 heterocycles. The third-order valence-corrected chi connectivity index (χ3v) is 4.42. The van der Waals surface area contributed by atoms with Gasteiger partial charge in [-0.1, -0.05) is 48.0 Å². The summed E-state index contributed by atoms with van der Waals surface area (Å²) in [5, 5.41) is 4.08. The molecule has 0 fully saturated rings. The summed E-state index contributed by atoms with van der Waals surface area (Å²) in [4.78, 5) is 11.2. The van der Waals surface area contributed by atoms with Gasteiger partial charge in [-0.05, 0) is 37.1 Å². The minimum absolute atomic E-state index is 0.722. The second-order valence-electron chi connectivity index (χ2n) is 6.04. The van der Waals surface area contributed by atoms with E-state index in [1.165, 1.54) is 5.56 Å². The first-order valence-corrected chi connectivity index (χ1v) is 8.53. The first-order valence-electron chi connectivity index (χ1n) is 8.16. The third-order valence-electron chi connectivity index (χ3n) is 4.01. The van der Waals surface area contributed by atoms with Gasteiger partial charge < -0.3 is 10.2 Å². The Morgan fingerprint density at radius 2 is 1.76 bits per heavy atom. The van der Waals surface area contributed by atoms with Crippen LogP contribution in [0, 0.1) is 13.8 Å². The fourth-order valence-electron chi connectivity index (χ4n) is 2.63. The quantitative estimate of drug-likeness (QED) is 0.691. The zero-order valence-corrected chi connectivity index (χ0v) is 15.4. The van der Waals surface area contributed by atoms with E-state index in [1.807, 2.05) is 63.4 Å². The van der Waals surface area contributed by atoms with E-state index in [0.29, 0.717) is 0 Å². The summed E-state index contributed by atoms with van der Waals surface area (Å²) in [6.07, 6.45) is 0. The second kappa shape index (κ2) is 7.53. The molecule has 0 saturated heterocycles. The van der Waals surface area contributed by atoms with Gasteiger partial charge in [-0.2, -0.15) is 0 Å². The molecule has 0 radical (unpaired) electrons. The number of nitrogens with zero attached hydrogens (tertiary/aromatic N) is 3. The number of aromatic nitrogens is 2. The van der Waals surface area contributed by atoms with Crippen molar-refractivity contribution in [2.45, 2.75) is 20.4 Å². The lowest BCUT2D eigenvalue weighted by Crippen LogP contribution is -2.18. The molecule has 3 aromatic rings. The van der Waals surface area contributed by atoms with Crippen molar-refractivity contribution in [3.63, 3.8) is 0 Å². The van der Waals surface area contributed by atoms with Crippen LogP contribution in [0.4, 0.5) is 17.3 Å². The van der Waals surface area contributed by atoms with E-state index in [2.05, 4.69) is 32.3 Å². The minimum atomic E-state index is 0.722. The van der Waals surface area contributed by atoms with E-state index in [-0.39, 0.29) is 0 Å². The number of rotatable bonds is 5. The van der Waals surface area contributed by atoms with Crippen LogP contribution in [-0.4, -0.2) is 17.0 Å². The van der Waals surface area contributed by atoms with E-state index in [9.17, 15) is 0 Å². The van der Waals surface area contributed by atoms with Gasteiger partial charge in [0.25, 0.3) is 0 Å². The first kappa shape index (κ1) is 17.2. The normalized spacial score (nSPS) is 10.6. The molecule has 4 nitrogen and oxygen atoms in total. The largest absolute Gasteiger partial charge is 0.355 e. The second-order valence-corrected chi connectivity index (χ2v) is 6.44. The number of nitrogens with one attached hydrogen (secondary N) is 1. The summed E-state index contributed by atoms with van der Waals surface area (Å²) >= 11 is 6.20. The van der Waals surface area contributed by atoms with Crippen molar-refractivity contribution < 1.29 is 0 Å². The van der Waals surface area contributed by atoms with Gasteiger partial charge in [-0.25, -0.2) is 9.97 Å². The van der Waals surface area contributed by atoms with Crippen LogP contribution < -0.4 is 10.2 Å². The Kier molecular flexibility index (Phi) is 5.19. The Morgan fingerprint density at radius 1 is 1.00 bits per heavy atom. The van der Waals surface area contributed by atoms with Crippen molar-refractivity contribution in [2.75, 3.05) is 17.3 Å². The molecule has 128 valence electrons. The SMILES string of the molecule is Cc1nc(Nc2cccc(Cl)c2C)cc(N(C)Cc2ccccc2)n1. The zero-order valence-electron chi connectivity index (χ0n) is 14.6. The van der Waals surface area contributed by atoms with Gasteiger partial charge in [0.05, 0.1) is 0 Å². The van der Waals surface area contributed by atoms with Crippen LogP contribution in [0.3, 0.4) is 0 Å². The summed E-state index contributed by atoms with van der Waals surface area (Å²) < 4.78 is 0. The smallest absolute Gasteiger partial charge is 0.136 e. The predicted molar refractivity (Wildman–Crippen MR) is 105 cm³/mol. The van der Waals surface area contributed by atoms with Gasteiger partial charge in [0.2, 0.25) is 0 Å². The fourth-order valence-corrected chi connectivity index (χ4v) is 2.81. The highest BCUT2D eigenvalue weighted by Gasteiger charge is 2.09. The molecule has 0 atom stereocenters. The number of hydrogen-bond donors (Lipinski definition) is 1. The molecule has 0 bridgehead atoms. The van der Waals surface area contributed by atoms with Gasteiger partial charge in [-0.3, -0.25) is 0 Å². The zero-order chi connectivity index (χ0) is 17.8. The highest BCUT2D eigenvalue weighted by atomic mass is 35.5. The molecule has 0 aliphatic carbocycles. The van der Waals surface area contributed by atoms with E-state index in [0.717, 1.165) is 40.3 Å². The van der Waals surface area contributed by atoms with Gasteiger partial charge in [0, 0.05) is 30.4 Å². The van der Waals surface area contributed by atoms with Crippen LogP contribution in [-0.2, 0) is 6.54 Å². The number of hydrogen-bond acceptors (Lipinski definition) is 4. The van der Waals surface area contributed by atoms with Crippen molar-refractivity contribution in [2.24, 2.45) is 0 Å². The maximum atomic E-state index is 6.20. The van der Waals surface area contributed by atoms with Crippen molar-refractivity contribution in [1.82, 2.24) is 9.97 Å². The molecule has 1 N–H and O–H groups in total. The molecule has 0 amide bonds. The Labute approximate surface area is 153 Å². The van der Waals surface area contributed by atoms with Crippen molar-refractivity contribution in [3.8, 4) is 0 Å². The van der Waals surface area contributed by atoms with Crippen LogP contribution in [0.5, 0.6) is 0 Å². The van der Waals surface area contributed by atoms with Crippen LogP contribution in [0.1, 0.15) is 17.0 Å². The Hall–Kier alpha value is -2.59. The molecule has 25 heavy (non-hydrogen) atoms. The average Bonchev–Trinajstić information content (AvgIpc) is 2.59. The highest BCUT2D eigenvalue weighted by molar-refractivity contribution is 6.31. The minimum Gasteiger partial charge on any atom is -0.355 e. The monoisotopic (exact) mass is 352 g/mol. The molecule has 2 aromatic carbocycles. The van der Waals surface area contributed by atoms with Gasteiger partial charge >= 0.3 is 0 Å². The highest BCUT2D eigenvalue weighted by Crippen LogP contribution is 2.26. The van der Waals surface area contributed by atoms with E-state index in [4.69, 9.17) is 11.6 Å². The number of anilines is 3. The van der Waals surface area contributed by atoms with Crippen LogP contribution >= 0.6 is 11.6 Å². The van der Waals surface area contributed by atoms with Gasteiger partial charge in [-0.15, -0.1) is 0 Å². The van der Waals surface area contributed by atoms with Crippen molar-refractivity contribution in [3.05, 3.63) is 76.6 Å². The van der Waals surface area contributed by atoms with Crippen LogP contribution in [0.2, 0.25) is 5.02 Å². The van der Waals surface area contributed by atoms with Gasteiger partial charge in [0.1, 0.15) is 17.5 Å². The maximum absolute atomic E-state index is 6.20. The third kappa shape index (κ3) is 4.28. The number of benzene rings is 2. The summed E-state index contributed by atoms with van der Waals surface area (Å²) in [6, 6.07) is 18.1. The Bertz CT molecular complexity index is 865. The lowest BCUT2D eigenvalue weighted by molar-refractivity contribution is 0.880. The van der Waals surface area contributed by atoms with E-state index >= 15 is 0 Å². The van der Waals surface area contributed by atoms with E-state index in [1.54, 1.807) is 0 Å². The Morgan fingerprint density at radius 3 is 2.52 bits per heavy atom. The summed E-state index contributed by atoms with van der Waals surface area (Å²) in [7, 11) is 2.03. The topological polar surface area (TPSA) is 41.1 Å². The van der Waals surface area contributed by atoms with Gasteiger partial charge in [0.15, 0.2) is 0 Å². The maximum Gasteiger partial charge on any atom is 0.136 e. The summed E-state index contributed by atoms with van der Waals surface area (Å²) in [5.41, 5.74) is 3.18. The average molecular weight is 353 g/mol. The molecule has 1 aromatic heterocycles. The lowest BCUT2D eigenvalue weighted by Gasteiger charge is -2.20. The lowest BCUT2D eigenvalue weighted by atomic mass is 10.2. The van der Waals surface area contributed by atoms with E-state index < -0.39 is 0 Å².